The second-order valence-corrected chi connectivity index (χ2v) is 13.3. The maximum absolute atomic E-state index is 13.2. The van der Waals surface area contributed by atoms with E-state index in [-0.39, 0.29) is 55.0 Å². The summed E-state index contributed by atoms with van der Waals surface area (Å²) in [5.74, 6) is -3.62. The summed E-state index contributed by atoms with van der Waals surface area (Å²) in [6.45, 7) is 8.60. The Kier molecular flexibility index (Phi) is 26.8. The van der Waals surface area contributed by atoms with Crippen molar-refractivity contribution in [3.05, 3.63) is 29.3 Å². The van der Waals surface area contributed by atoms with Crippen molar-refractivity contribution in [2.24, 2.45) is 0 Å². The maximum atomic E-state index is 13.2. The Bertz CT molecular complexity index is 1450. The van der Waals surface area contributed by atoms with Gasteiger partial charge in [-0.15, -0.1) is 0 Å². The second kappa shape index (κ2) is 31.8. The lowest BCUT2D eigenvalue weighted by molar-refractivity contribution is -0.138. The van der Waals surface area contributed by atoms with Crippen LogP contribution in [-0.2, 0) is 66.5 Å². The van der Waals surface area contributed by atoms with Crippen molar-refractivity contribution >= 4 is 41.2 Å². The van der Waals surface area contributed by atoms with Crippen LogP contribution in [0.4, 0.5) is 5.69 Å². The van der Waals surface area contributed by atoms with Crippen LogP contribution >= 0.6 is 0 Å². The largest absolute Gasteiger partial charge is 0.481 e. The Balaban J connectivity index is 1.00. The molecule has 0 aliphatic carbocycles. The normalized spacial score (nSPS) is 15.1. The molecule has 60 heavy (non-hydrogen) atoms. The molecule has 1 saturated heterocycles. The van der Waals surface area contributed by atoms with Crippen molar-refractivity contribution in [1.29, 1.82) is 0 Å². The molecule has 5 amide bonds. The molecule has 338 valence electrons. The van der Waals surface area contributed by atoms with Crippen molar-refractivity contribution in [3.8, 4) is 0 Å². The maximum Gasteiger partial charge on any atom is 0.305 e. The summed E-state index contributed by atoms with van der Waals surface area (Å²) in [4.78, 5) is 73.9. The van der Waals surface area contributed by atoms with Crippen LogP contribution in [0, 0.1) is 0 Å². The molecule has 1 atom stereocenters. The molecule has 2 heterocycles. The highest BCUT2D eigenvalue weighted by Crippen LogP contribution is 2.32. The minimum absolute atomic E-state index is 0.0162. The number of carboxylic acids is 1. The summed E-state index contributed by atoms with van der Waals surface area (Å²) in [6, 6.07) is 3.51. The van der Waals surface area contributed by atoms with Crippen molar-refractivity contribution in [1.82, 2.24) is 10.2 Å². The number of rotatable bonds is 38. The summed E-state index contributed by atoms with van der Waals surface area (Å²) in [5, 5.41) is 13.4. The van der Waals surface area contributed by atoms with Gasteiger partial charge in [0.05, 0.1) is 149 Å². The number of amides is 5. The van der Waals surface area contributed by atoms with Gasteiger partial charge in [-0.05, 0) is 31.4 Å². The van der Waals surface area contributed by atoms with Gasteiger partial charge in [0.15, 0.2) is 0 Å². The van der Waals surface area contributed by atoms with Gasteiger partial charge in [-0.25, -0.2) is 0 Å². The van der Waals surface area contributed by atoms with E-state index in [9.17, 15) is 28.8 Å². The molecule has 20 nitrogen and oxygen atoms in total. The van der Waals surface area contributed by atoms with Gasteiger partial charge in [-0.3, -0.25) is 39.0 Å². The van der Waals surface area contributed by atoms with Crippen LogP contribution in [0.3, 0.4) is 0 Å². The van der Waals surface area contributed by atoms with Gasteiger partial charge in [0.1, 0.15) is 6.04 Å². The summed E-state index contributed by atoms with van der Waals surface area (Å²) in [7, 11) is 0. The monoisotopic (exact) mass is 855 g/mol. The van der Waals surface area contributed by atoms with Crippen LogP contribution in [0.25, 0.3) is 0 Å². The van der Waals surface area contributed by atoms with Crippen LogP contribution in [0.2, 0.25) is 0 Å². The summed E-state index contributed by atoms with van der Waals surface area (Å²) >= 11 is 0. The van der Waals surface area contributed by atoms with Crippen molar-refractivity contribution in [2.45, 2.75) is 51.0 Å². The zero-order valence-corrected chi connectivity index (χ0v) is 34.3. The summed E-state index contributed by atoms with van der Waals surface area (Å²) in [5.41, 5.74) is 0.368. The van der Waals surface area contributed by atoms with Crippen molar-refractivity contribution in [3.63, 3.8) is 0 Å². The van der Waals surface area contributed by atoms with Crippen LogP contribution in [0.1, 0.15) is 65.7 Å². The van der Waals surface area contributed by atoms with Gasteiger partial charge in [-0.2, -0.15) is 0 Å². The second-order valence-electron chi connectivity index (χ2n) is 13.3. The molecule has 0 bridgehead atoms. The Labute approximate surface area is 350 Å². The number of carbonyl (C=O) groups is 6. The van der Waals surface area contributed by atoms with E-state index in [0.29, 0.717) is 132 Å². The third kappa shape index (κ3) is 21.0. The van der Waals surface area contributed by atoms with Crippen molar-refractivity contribution in [2.75, 3.05) is 137 Å². The number of ether oxygens (including phenoxy) is 10. The molecule has 0 aromatic heterocycles. The van der Waals surface area contributed by atoms with E-state index in [0.717, 1.165) is 17.7 Å². The topological polar surface area (TPSA) is 242 Å². The first-order valence-electron chi connectivity index (χ1n) is 20.4. The van der Waals surface area contributed by atoms with Gasteiger partial charge in [0, 0.05) is 19.4 Å². The molecule has 0 saturated carbocycles. The fourth-order valence-electron chi connectivity index (χ4n) is 5.74. The number of carboxylic acid groups (broad SMARTS) is 1. The quantitative estimate of drug-likeness (QED) is 0.0626. The molecule has 1 unspecified atom stereocenters. The molecule has 20 heteroatoms. The van der Waals surface area contributed by atoms with E-state index in [1.807, 2.05) is 0 Å². The number of nitrogens with zero attached hydrogens (tertiary/aromatic N) is 1. The van der Waals surface area contributed by atoms with E-state index in [4.69, 9.17) is 52.5 Å². The Morgan fingerprint density at radius 2 is 1.03 bits per heavy atom. The SMILES string of the molecule is O=C(O)CCOCCOCCOCCOCCOCCOCCOCCOCCOCCOCCCCCC(=O)Nc1cccc2c1C(=O)N(C1CCC(=O)NC1=O)C2=O. The van der Waals surface area contributed by atoms with E-state index in [2.05, 4.69) is 10.6 Å². The molecule has 3 rings (SSSR count). The van der Waals surface area contributed by atoms with Crippen molar-refractivity contribution < 1.29 is 81.2 Å². The standard InChI is InChI=1S/C40H61N3O17/c44-34(41-32-6-4-5-31-37(32)40(50)43(39(31)49)33-8-9-35(45)42-38(33)48)7-2-1-3-11-51-13-15-53-17-19-55-21-23-57-25-27-59-29-30-60-28-26-58-24-22-56-20-18-54-16-14-52-12-10-36(46)47/h4-6,33H,1-3,7-30H2,(H,41,44)(H,46,47)(H,42,45,48). The molecule has 0 spiro atoms. The zero-order valence-electron chi connectivity index (χ0n) is 34.3. The minimum Gasteiger partial charge on any atom is -0.481 e. The average Bonchev–Trinajstić information content (AvgIpc) is 3.48. The van der Waals surface area contributed by atoms with Gasteiger partial charge >= 0.3 is 5.97 Å². The fraction of sp³-hybridized carbons (Fsp3) is 0.700. The Morgan fingerprint density at radius 1 is 0.583 bits per heavy atom. The molecule has 2 aliphatic heterocycles. The number of aliphatic carboxylic acids is 1. The Morgan fingerprint density at radius 3 is 1.48 bits per heavy atom. The van der Waals surface area contributed by atoms with Crippen LogP contribution in [0.5, 0.6) is 0 Å². The number of hydrogen-bond donors (Lipinski definition) is 3. The molecular formula is C40H61N3O17. The predicted molar refractivity (Wildman–Crippen MR) is 211 cm³/mol. The minimum atomic E-state index is -1.08. The van der Waals surface area contributed by atoms with E-state index in [1.54, 1.807) is 12.1 Å². The van der Waals surface area contributed by atoms with Gasteiger partial charge in [-0.1, -0.05) is 12.5 Å². The highest BCUT2D eigenvalue weighted by molar-refractivity contribution is 6.26. The molecule has 1 aromatic carbocycles. The van der Waals surface area contributed by atoms with Gasteiger partial charge in [0.2, 0.25) is 17.7 Å². The van der Waals surface area contributed by atoms with E-state index in [1.165, 1.54) is 6.07 Å². The van der Waals surface area contributed by atoms with Gasteiger partial charge in [0.25, 0.3) is 11.8 Å². The first-order chi connectivity index (χ1) is 29.3. The van der Waals surface area contributed by atoms with E-state index >= 15 is 0 Å². The third-order valence-corrected chi connectivity index (χ3v) is 8.74. The summed E-state index contributed by atoms with van der Waals surface area (Å²) in [6.07, 6.45) is 2.40. The molecule has 1 fully saturated rings. The molecule has 3 N–H and O–H groups in total. The number of fused-ring (bicyclic) bond motifs is 1. The van der Waals surface area contributed by atoms with Crippen LogP contribution in [-0.4, -0.2) is 184 Å². The molecular weight excluding hydrogens is 794 g/mol. The lowest BCUT2D eigenvalue weighted by Gasteiger charge is -2.27. The number of carbonyl (C=O) groups excluding carboxylic acids is 5. The molecule has 2 aliphatic rings. The highest BCUT2D eigenvalue weighted by Gasteiger charge is 2.45. The lowest BCUT2D eigenvalue weighted by atomic mass is 10.0. The molecule has 1 aromatic rings. The van der Waals surface area contributed by atoms with Crippen LogP contribution in [0.15, 0.2) is 18.2 Å². The van der Waals surface area contributed by atoms with E-state index < -0.39 is 35.6 Å². The highest BCUT2D eigenvalue weighted by atomic mass is 16.6. The zero-order chi connectivity index (χ0) is 43.0. The first kappa shape index (κ1) is 50.4. The average molecular weight is 856 g/mol. The van der Waals surface area contributed by atoms with Gasteiger partial charge < -0.3 is 57.8 Å². The molecule has 0 radical (unpaired) electrons. The number of piperidine rings is 1. The number of anilines is 1. The number of hydrogen-bond acceptors (Lipinski definition) is 16. The number of nitrogens with one attached hydrogen (secondary N) is 2. The summed E-state index contributed by atoms with van der Waals surface area (Å²) < 4.78 is 54.3. The lowest BCUT2D eigenvalue weighted by Crippen LogP contribution is -2.54. The Hall–Kier alpha value is -3.96. The smallest absolute Gasteiger partial charge is 0.305 e. The number of unbranched alkanes of at least 4 members (excludes halogenated alkanes) is 2. The fourth-order valence-corrected chi connectivity index (χ4v) is 5.74. The third-order valence-electron chi connectivity index (χ3n) is 8.74. The predicted octanol–water partition coefficient (Wildman–Crippen LogP) is 1.23. The van der Waals surface area contributed by atoms with Crippen LogP contribution < -0.4 is 10.6 Å². The number of imide groups is 2. The first-order valence-corrected chi connectivity index (χ1v) is 20.4. The number of benzene rings is 1.